The van der Waals surface area contributed by atoms with E-state index in [2.05, 4.69) is 5.32 Å². The molecule has 0 aliphatic heterocycles. The zero-order valence-corrected chi connectivity index (χ0v) is 14.9. The minimum Gasteiger partial charge on any atom is -0.495 e. The molecule has 0 aliphatic rings. The number of anilines is 1. The highest BCUT2D eigenvalue weighted by Crippen LogP contribution is 2.27. The number of fused-ring (bicyclic) bond motifs is 1. The van der Waals surface area contributed by atoms with Crippen molar-refractivity contribution >= 4 is 39.0 Å². The maximum Gasteiger partial charge on any atom is 0.349 e. The third-order valence-corrected chi connectivity index (χ3v) is 4.78. The third-order valence-electron chi connectivity index (χ3n) is 3.70. The van der Waals surface area contributed by atoms with Crippen molar-refractivity contribution in [1.29, 1.82) is 0 Å². The Balaban J connectivity index is 1.68. The lowest BCUT2D eigenvalue weighted by Crippen LogP contribution is -2.29. The molecular weight excluding hydrogens is 357 g/mol. The van der Waals surface area contributed by atoms with Crippen molar-refractivity contribution in [2.75, 3.05) is 12.4 Å². The molecule has 1 amide bonds. The Hall–Kier alpha value is -2.93. The molecule has 1 heterocycles. The summed E-state index contributed by atoms with van der Waals surface area (Å²) < 4.78 is 24.3. The van der Waals surface area contributed by atoms with Crippen molar-refractivity contribution in [1.82, 2.24) is 0 Å². The number of methoxy groups -OCH3 is 1. The van der Waals surface area contributed by atoms with Gasteiger partial charge in [0.15, 0.2) is 6.10 Å². The number of rotatable bonds is 5. The minimum absolute atomic E-state index is 0.308. The number of para-hydroxylation sites is 2. The molecule has 1 aromatic heterocycles. The number of halogens is 1. The van der Waals surface area contributed by atoms with Crippen LogP contribution < -0.4 is 10.1 Å². The number of hydrogen-bond donors (Lipinski definition) is 1. The first-order valence-corrected chi connectivity index (χ1v) is 8.63. The van der Waals surface area contributed by atoms with Crippen LogP contribution in [0.3, 0.4) is 0 Å². The molecule has 0 radical (unpaired) electrons. The molecule has 26 heavy (non-hydrogen) atoms. The van der Waals surface area contributed by atoms with Crippen LogP contribution in [0.4, 0.5) is 10.1 Å². The highest BCUT2D eigenvalue weighted by Gasteiger charge is 2.21. The topological polar surface area (TPSA) is 64.6 Å². The van der Waals surface area contributed by atoms with Gasteiger partial charge in [-0.3, -0.25) is 4.79 Å². The molecule has 0 aliphatic carbocycles. The van der Waals surface area contributed by atoms with Crippen LogP contribution in [0.25, 0.3) is 10.1 Å². The molecular formula is C19H16FNO4S. The van der Waals surface area contributed by atoms with Gasteiger partial charge >= 0.3 is 5.97 Å². The van der Waals surface area contributed by atoms with E-state index >= 15 is 0 Å². The Bertz CT molecular complexity index is 969. The highest BCUT2D eigenvalue weighted by atomic mass is 32.1. The van der Waals surface area contributed by atoms with E-state index in [1.807, 2.05) is 0 Å². The van der Waals surface area contributed by atoms with Gasteiger partial charge in [-0.15, -0.1) is 11.3 Å². The van der Waals surface area contributed by atoms with Crippen molar-refractivity contribution in [3.8, 4) is 5.75 Å². The number of amides is 1. The molecule has 3 aromatic rings. The van der Waals surface area contributed by atoms with Crippen molar-refractivity contribution in [3.05, 3.63) is 59.2 Å². The van der Waals surface area contributed by atoms with E-state index in [0.717, 1.165) is 16.7 Å². The third kappa shape index (κ3) is 3.83. The number of thiophene rings is 1. The van der Waals surface area contributed by atoms with Gasteiger partial charge in [0.1, 0.15) is 16.4 Å². The molecule has 134 valence electrons. The summed E-state index contributed by atoms with van der Waals surface area (Å²) in [5, 5.41) is 3.41. The van der Waals surface area contributed by atoms with Gasteiger partial charge in [-0.05, 0) is 42.6 Å². The van der Waals surface area contributed by atoms with E-state index in [0.29, 0.717) is 21.0 Å². The molecule has 2 aromatic carbocycles. The van der Waals surface area contributed by atoms with E-state index in [-0.39, 0.29) is 5.82 Å². The van der Waals surface area contributed by atoms with Crippen molar-refractivity contribution in [2.24, 2.45) is 0 Å². The summed E-state index contributed by atoms with van der Waals surface area (Å²) in [5.41, 5.74) is 0.486. The van der Waals surface area contributed by atoms with Gasteiger partial charge in [-0.2, -0.15) is 0 Å². The van der Waals surface area contributed by atoms with Crippen LogP contribution in [0.2, 0.25) is 0 Å². The molecule has 0 fully saturated rings. The number of hydrogen-bond acceptors (Lipinski definition) is 5. The predicted molar refractivity (Wildman–Crippen MR) is 98.3 cm³/mol. The summed E-state index contributed by atoms with van der Waals surface area (Å²) in [4.78, 5) is 24.9. The summed E-state index contributed by atoms with van der Waals surface area (Å²) in [7, 11) is 1.50. The van der Waals surface area contributed by atoms with Crippen LogP contribution >= 0.6 is 11.3 Å². The lowest BCUT2D eigenvalue weighted by Gasteiger charge is -2.14. The molecule has 0 saturated heterocycles. The van der Waals surface area contributed by atoms with E-state index < -0.39 is 18.0 Å². The number of esters is 1. The lowest BCUT2D eigenvalue weighted by molar-refractivity contribution is -0.123. The van der Waals surface area contributed by atoms with Gasteiger partial charge in [0.05, 0.1) is 12.8 Å². The second-order valence-corrected chi connectivity index (χ2v) is 6.61. The van der Waals surface area contributed by atoms with E-state index in [1.54, 1.807) is 36.4 Å². The molecule has 7 heteroatoms. The number of ether oxygens (including phenoxy) is 2. The maximum atomic E-state index is 13.3. The van der Waals surface area contributed by atoms with Crippen LogP contribution in [0.5, 0.6) is 5.75 Å². The first kappa shape index (κ1) is 17.9. The maximum absolute atomic E-state index is 13.3. The molecule has 1 N–H and O–H groups in total. The van der Waals surface area contributed by atoms with Gasteiger partial charge < -0.3 is 14.8 Å². The number of carbonyl (C=O) groups is 2. The van der Waals surface area contributed by atoms with Crippen molar-refractivity contribution in [2.45, 2.75) is 13.0 Å². The molecule has 0 bridgehead atoms. The highest BCUT2D eigenvalue weighted by molar-refractivity contribution is 7.20. The predicted octanol–water partition coefficient (Wildman–Crippen LogP) is 4.23. The quantitative estimate of drug-likeness (QED) is 0.680. The lowest BCUT2D eigenvalue weighted by atomic mass is 10.2. The van der Waals surface area contributed by atoms with Crippen LogP contribution in [0.1, 0.15) is 16.6 Å². The second-order valence-electron chi connectivity index (χ2n) is 5.53. The largest absolute Gasteiger partial charge is 0.495 e. The summed E-state index contributed by atoms with van der Waals surface area (Å²) >= 11 is 1.12. The van der Waals surface area contributed by atoms with E-state index in [1.165, 1.54) is 26.2 Å². The Kier molecular flexibility index (Phi) is 5.18. The first-order valence-electron chi connectivity index (χ1n) is 7.82. The fraction of sp³-hybridized carbons (Fsp3) is 0.158. The van der Waals surface area contributed by atoms with E-state index in [4.69, 9.17) is 9.47 Å². The number of nitrogens with one attached hydrogen (secondary N) is 1. The molecule has 0 unspecified atom stereocenters. The average Bonchev–Trinajstić information content (AvgIpc) is 3.05. The molecule has 5 nitrogen and oxygen atoms in total. The Labute approximate surface area is 153 Å². The minimum atomic E-state index is -1.01. The molecule has 3 rings (SSSR count). The van der Waals surface area contributed by atoms with Gasteiger partial charge in [0.25, 0.3) is 5.91 Å². The van der Waals surface area contributed by atoms with Gasteiger partial charge in [-0.1, -0.05) is 18.2 Å². The van der Waals surface area contributed by atoms with E-state index in [9.17, 15) is 14.0 Å². The zero-order valence-electron chi connectivity index (χ0n) is 14.1. The smallest absolute Gasteiger partial charge is 0.349 e. The van der Waals surface area contributed by atoms with Crippen molar-refractivity contribution < 1.29 is 23.5 Å². The SMILES string of the molecule is COc1ccccc1NC(=O)[C@@H](C)OC(=O)c1cc2ccc(F)cc2s1. The Morgan fingerprint density at radius 3 is 2.69 bits per heavy atom. The molecule has 0 saturated carbocycles. The van der Waals surface area contributed by atoms with Gasteiger partial charge in [0.2, 0.25) is 0 Å². The zero-order chi connectivity index (χ0) is 18.7. The van der Waals surface area contributed by atoms with Gasteiger partial charge in [0, 0.05) is 4.70 Å². The monoisotopic (exact) mass is 373 g/mol. The molecule has 1 atom stereocenters. The van der Waals surface area contributed by atoms with Crippen molar-refractivity contribution in [3.63, 3.8) is 0 Å². The Morgan fingerprint density at radius 2 is 1.92 bits per heavy atom. The average molecular weight is 373 g/mol. The fourth-order valence-electron chi connectivity index (χ4n) is 2.36. The Morgan fingerprint density at radius 1 is 1.15 bits per heavy atom. The fourth-order valence-corrected chi connectivity index (χ4v) is 3.33. The standard InChI is InChI=1S/C19H16FNO4S/c1-11(18(22)21-14-5-3-4-6-15(14)24-2)25-19(23)17-9-12-7-8-13(20)10-16(12)26-17/h3-11H,1-2H3,(H,21,22)/t11-/m1/s1. The summed E-state index contributed by atoms with van der Waals surface area (Å²) in [5.74, 6) is -0.973. The summed E-state index contributed by atoms with van der Waals surface area (Å²) in [6.45, 7) is 1.48. The number of carbonyl (C=O) groups excluding carboxylic acids is 2. The number of benzene rings is 2. The van der Waals surface area contributed by atoms with Crippen LogP contribution in [0, 0.1) is 5.82 Å². The molecule has 0 spiro atoms. The van der Waals surface area contributed by atoms with Crippen LogP contribution in [-0.4, -0.2) is 25.1 Å². The normalized spacial score (nSPS) is 11.8. The first-order chi connectivity index (χ1) is 12.5. The van der Waals surface area contributed by atoms with Gasteiger partial charge in [-0.25, -0.2) is 9.18 Å². The second kappa shape index (κ2) is 7.53. The van der Waals surface area contributed by atoms with Crippen LogP contribution in [-0.2, 0) is 9.53 Å². The summed E-state index contributed by atoms with van der Waals surface area (Å²) in [6.07, 6.45) is -1.01. The summed E-state index contributed by atoms with van der Waals surface area (Å²) in [6, 6.07) is 12.8. The van der Waals surface area contributed by atoms with Crippen LogP contribution in [0.15, 0.2) is 48.5 Å².